The lowest BCUT2D eigenvalue weighted by Gasteiger charge is -2.35. The van der Waals surface area contributed by atoms with Gasteiger partial charge >= 0.3 is 0 Å². The van der Waals surface area contributed by atoms with Gasteiger partial charge in [0.25, 0.3) is 0 Å². The van der Waals surface area contributed by atoms with Crippen LogP contribution >= 0.6 is 11.3 Å². The van der Waals surface area contributed by atoms with Crippen LogP contribution in [0.2, 0.25) is 0 Å². The molecule has 0 spiro atoms. The third-order valence-corrected chi connectivity index (χ3v) is 7.32. The number of thiophene rings is 1. The van der Waals surface area contributed by atoms with E-state index in [4.69, 9.17) is 9.47 Å². The van der Waals surface area contributed by atoms with Gasteiger partial charge in [-0.05, 0) is 42.9 Å². The molecule has 2 atom stereocenters. The summed E-state index contributed by atoms with van der Waals surface area (Å²) >= 11 is 1.80. The molecule has 1 aromatic carbocycles. The summed E-state index contributed by atoms with van der Waals surface area (Å²) in [7, 11) is 3.29. The van der Waals surface area contributed by atoms with Crippen LogP contribution in [-0.2, 0) is 19.4 Å². The number of aliphatic hydroxyl groups is 1. The largest absolute Gasteiger partial charge is 0.496 e. The second-order valence-corrected chi connectivity index (χ2v) is 9.07. The van der Waals surface area contributed by atoms with Crippen molar-refractivity contribution in [2.24, 2.45) is 5.92 Å². The van der Waals surface area contributed by atoms with Gasteiger partial charge in [-0.15, -0.1) is 11.3 Å². The third kappa shape index (κ3) is 2.95. The van der Waals surface area contributed by atoms with Crippen molar-refractivity contribution in [3.8, 4) is 11.5 Å². The van der Waals surface area contributed by atoms with Gasteiger partial charge in [0.05, 0.1) is 26.2 Å². The summed E-state index contributed by atoms with van der Waals surface area (Å²) in [6.07, 6.45) is 4.35. The Hall–Kier alpha value is -2.38. The predicted molar refractivity (Wildman–Crippen MR) is 114 cm³/mol. The van der Waals surface area contributed by atoms with Crippen LogP contribution in [0.15, 0.2) is 18.5 Å². The lowest BCUT2D eigenvalue weighted by molar-refractivity contribution is 0.169. The lowest BCUT2D eigenvalue weighted by atomic mass is 9.89. The Bertz CT molecular complexity index is 1080. The van der Waals surface area contributed by atoms with Gasteiger partial charge in [0.2, 0.25) is 0 Å². The van der Waals surface area contributed by atoms with Gasteiger partial charge < -0.3 is 19.5 Å². The summed E-state index contributed by atoms with van der Waals surface area (Å²) in [6, 6.07) is 3.76. The Kier molecular flexibility index (Phi) is 4.59. The molecule has 0 amide bonds. The average Bonchev–Trinajstić information content (AvgIpc) is 3.10. The fraction of sp³-hybridized carbons (Fsp3) is 0.455. The van der Waals surface area contributed by atoms with Crippen LogP contribution < -0.4 is 14.4 Å². The standard InChI is InChI=1S/C22H25N3O3S/c1-12-4-5-13-18(8-12)29-22-20(13)21(23-11-24-22)25-9-14-16(27-2)6-7-17(28-3)19(14)15(26)10-25/h6-7,11-12,15,26H,4-5,8-10H2,1-3H3/t12-,15+/m1/s1. The minimum absolute atomic E-state index is 0.462. The first-order chi connectivity index (χ1) is 14.1. The number of methoxy groups -OCH3 is 2. The van der Waals surface area contributed by atoms with Crippen LogP contribution in [0.4, 0.5) is 5.82 Å². The van der Waals surface area contributed by atoms with Gasteiger partial charge in [-0.3, -0.25) is 0 Å². The van der Waals surface area contributed by atoms with E-state index >= 15 is 0 Å². The van der Waals surface area contributed by atoms with E-state index in [-0.39, 0.29) is 0 Å². The van der Waals surface area contributed by atoms with Gasteiger partial charge in [0.1, 0.15) is 34.6 Å². The lowest BCUT2D eigenvalue weighted by Crippen LogP contribution is -2.35. The van der Waals surface area contributed by atoms with Gasteiger partial charge in [0, 0.05) is 22.5 Å². The SMILES string of the molecule is COc1ccc(OC)c2c1CN(c1ncnc3sc4c(c13)CC[C@@H](C)C4)C[C@@H]2O. The first kappa shape index (κ1) is 18.6. The number of fused-ring (bicyclic) bond motifs is 4. The Morgan fingerprint density at radius 1 is 1.14 bits per heavy atom. The molecule has 1 aliphatic carbocycles. The molecule has 7 heteroatoms. The van der Waals surface area contributed by atoms with Gasteiger partial charge in [-0.1, -0.05) is 6.92 Å². The molecule has 0 saturated carbocycles. The number of nitrogens with zero attached hydrogens (tertiary/aromatic N) is 3. The maximum Gasteiger partial charge on any atom is 0.141 e. The van der Waals surface area contributed by atoms with Crippen LogP contribution in [-0.4, -0.2) is 35.8 Å². The van der Waals surface area contributed by atoms with Gasteiger partial charge in [-0.2, -0.15) is 0 Å². The van der Waals surface area contributed by atoms with E-state index in [0.29, 0.717) is 24.8 Å². The van der Waals surface area contributed by atoms with Crippen molar-refractivity contribution in [3.63, 3.8) is 0 Å². The number of aliphatic hydroxyl groups excluding tert-OH is 1. The summed E-state index contributed by atoms with van der Waals surface area (Å²) in [5.74, 6) is 3.09. The number of β-amino-alcohol motifs (C(OH)–C–C–N with tert-alkyl or cyclic N) is 1. The van der Waals surface area contributed by atoms with E-state index in [9.17, 15) is 5.11 Å². The van der Waals surface area contributed by atoms with Gasteiger partial charge in [-0.25, -0.2) is 9.97 Å². The maximum atomic E-state index is 11.0. The highest BCUT2D eigenvalue weighted by atomic mass is 32.1. The Morgan fingerprint density at radius 2 is 1.93 bits per heavy atom. The highest BCUT2D eigenvalue weighted by Crippen LogP contribution is 2.44. The van der Waals surface area contributed by atoms with E-state index in [1.807, 2.05) is 12.1 Å². The third-order valence-electron chi connectivity index (χ3n) is 6.16. The first-order valence-electron chi connectivity index (χ1n) is 10.0. The van der Waals surface area contributed by atoms with Crippen LogP contribution in [0, 0.1) is 5.92 Å². The van der Waals surface area contributed by atoms with E-state index < -0.39 is 6.10 Å². The molecule has 3 heterocycles. The molecule has 152 valence electrons. The zero-order chi connectivity index (χ0) is 20.1. The average molecular weight is 412 g/mol. The van der Waals surface area contributed by atoms with E-state index in [1.54, 1.807) is 31.9 Å². The van der Waals surface area contributed by atoms with Crippen molar-refractivity contribution in [2.45, 2.75) is 38.8 Å². The number of rotatable bonds is 3. The van der Waals surface area contributed by atoms with Crippen molar-refractivity contribution in [1.29, 1.82) is 0 Å². The Balaban J connectivity index is 1.63. The second kappa shape index (κ2) is 7.15. The number of hydrogen-bond donors (Lipinski definition) is 1. The molecule has 0 unspecified atom stereocenters. The van der Waals surface area contributed by atoms with Gasteiger partial charge in [0.15, 0.2) is 0 Å². The Morgan fingerprint density at radius 3 is 2.72 bits per heavy atom. The minimum atomic E-state index is -0.678. The minimum Gasteiger partial charge on any atom is -0.496 e. The van der Waals surface area contributed by atoms with E-state index in [2.05, 4.69) is 21.8 Å². The smallest absolute Gasteiger partial charge is 0.141 e. The number of ether oxygens (including phenoxy) is 2. The number of anilines is 1. The zero-order valence-electron chi connectivity index (χ0n) is 16.9. The van der Waals surface area contributed by atoms with Crippen molar-refractivity contribution in [1.82, 2.24) is 9.97 Å². The molecular weight excluding hydrogens is 386 g/mol. The van der Waals surface area contributed by atoms with Crippen LogP contribution in [0.5, 0.6) is 11.5 Å². The molecule has 3 aromatic rings. The summed E-state index contributed by atoms with van der Waals surface area (Å²) in [6.45, 7) is 3.39. The quantitative estimate of drug-likeness (QED) is 0.705. The summed E-state index contributed by atoms with van der Waals surface area (Å²) in [5, 5.41) is 12.2. The van der Waals surface area contributed by atoms with Crippen molar-refractivity contribution in [2.75, 3.05) is 25.7 Å². The molecule has 1 N–H and O–H groups in total. The van der Waals surface area contributed by atoms with Crippen LogP contribution in [0.3, 0.4) is 0 Å². The highest BCUT2D eigenvalue weighted by Gasteiger charge is 2.32. The number of aromatic nitrogens is 2. The molecule has 0 radical (unpaired) electrons. The number of aryl methyl sites for hydroxylation is 1. The molecule has 5 rings (SSSR count). The Labute approximate surface area is 174 Å². The molecule has 29 heavy (non-hydrogen) atoms. The summed E-state index contributed by atoms with van der Waals surface area (Å²) in [4.78, 5) is 13.9. The van der Waals surface area contributed by atoms with Crippen molar-refractivity contribution >= 4 is 27.4 Å². The molecule has 0 fully saturated rings. The topological polar surface area (TPSA) is 67.7 Å². The number of hydrogen-bond acceptors (Lipinski definition) is 7. The molecule has 2 aliphatic rings. The molecule has 1 aliphatic heterocycles. The molecular formula is C22H25N3O3S. The van der Waals surface area contributed by atoms with Crippen molar-refractivity contribution < 1.29 is 14.6 Å². The fourth-order valence-corrected chi connectivity index (χ4v) is 6.08. The summed E-state index contributed by atoms with van der Waals surface area (Å²) in [5.41, 5.74) is 3.17. The van der Waals surface area contributed by atoms with Crippen molar-refractivity contribution in [3.05, 3.63) is 40.0 Å². The molecule has 6 nitrogen and oxygen atoms in total. The fourth-order valence-electron chi connectivity index (χ4n) is 4.74. The molecule has 2 aromatic heterocycles. The molecule has 0 saturated heterocycles. The first-order valence-corrected chi connectivity index (χ1v) is 10.8. The zero-order valence-corrected chi connectivity index (χ0v) is 17.8. The van der Waals surface area contributed by atoms with Crippen LogP contribution in [0.1, 0.15) is 41.0 Å². The van der Waals surface area contributed by atoms with E-state index in [1.165, 1.54) is 16.9 Å². The molecule has 0 bridgehead atoms. The predicted octanol–water partition coefficient (Wildman–Crippen LogP) is 3.89. The van der Waals surface area contributed by atoms with Crippen LogP contribution in [0.25, 0.3) is 10.2 Å². The second-order valence-electron chi connectivity index (χ2n) is 7.99. The van der Waals surface area contributed by atoms with E-state index in [0.717, 1.165) is 45.8 Å². The normalized spacial score (nSPS) is 21.0. The highest BCUT2D eigenvalue weighted by molar-refractivity contribution is 7.19. The summed E-state index contributed by atoms with van der Waals surface area (Å²) < 4.78 is 11.1. The monoisotopic (exact) mass is 411 g/mol. The maximum absolute atomic E-state index is 11.0. The number of benzene rings is 1.